The number of rotatable bonds is 8. The molecule has 1 aromatic rings. The lowest BCUT2D eigenvalue weighted by atomic mass is 9.82. The Morgan fingerprint density at radius 3 is 1.91 bits per heavy atom. The summed E-state index contributed by atoms with van der Waals surface area (Å²) in [7, 11) is 0. The summed E-state index contributed by atoms with van der Waals surface area (Å²) in [5.41, 5.74) is 0. The molecular weight excluding hydrogens is 476 g/mol. The second-order valence-electron chi connectivity index (χ2n) is 9.04. The molecule has 1 N–H and O–H groups in total. The van der Waals surface area contributed by atoms with E-state index in [0.717, 1.165) is 0 Å². The SMILES string of the molecule is O=C(CO[C@H]1C[C@@H](OC(F)(F)F)C1)N[C@H]1CC[C@H](c2nnc(C3CC(OC(F)(F)F)C3)o2)CC1. The smallest absolute Gasteiger partial charge is 0.425 e. The molecule has 1 aromatic heterocycles. The highest BCUT2D eigenvalue weighted by Crippen LogP contribution is 2.42. The van der Waals surface area contributed by atoms with Crippen LogP contribution in [-0.2, 0) is 19.0 Å². The quantitative estimate of drug-likeness (QED) is 0.537. The van der Waals surface area contributed by atoms with Gasteiger partial charge in [-0.15, -0.1) is 36.5 Å². The van der Waals surface area contributed by atoms with Gasteiger partial charge in [0.05, 0.1) is 18.3 Å². The molecule has 0 bridgehead atoms. The summed E-state index contributed by atoms with van der Waals surface area (Å²) in [6.45, 7) is -0.225. The fourth-order valence-electron chi connectivity index (χ4n) is 4.52. The maximum Gasteiger partial charge on any atom is 0.522 e. The van der Waals surface area contributed by atoms with Crippen molar-refractivity contribution in [1.29, 1.82) is 0 Å². The molecule has 8 nitrogen and oxygen atoms in total. The number of nitrogens with zero attached hydrogens (tertiary/aromatic N) is 2. The normalized spacial score (nSPS) is 32.1. The van der Waals surface area contributed by atoms with Crippen LogP contribution >= 0.6 is 0 Å². The van der Waals surface area contributed by atoms with Crippen LogP contribution in [0.3, 0.4) is 0 Å². The van der Waals surface area contributed by atoms with Crippen LogP contribution in [0.25, 0.3) is 0 Å². The Morgan fingerprint density at radius 2 is 1.35 bits per heavy atom. The van der Waals surface area contributed by atoms with Crippen molar-refractivity contribution in [1.82, 2.24) is 15.5 Å². The third-order valence-corrected chi connectivity index (χ3v) is 6.44. The van der Waals surface area contributed by atoms with Crippen molar-refractivity contribution >= 4 is 5.91 Å². The first kappa shape index (κ1) is 25.2. The average Bonchev–Trinajstić information content (AvgIpc) is 3.14. The van der Waals surface area contributed by atoms with Crippen molar-refractivity contribution < 1.29 is 49.8 Å². The van der Waals surface area contributed by atoms with E-state index in [4.69, 9.17) is 9.15 Å². The molecule has 3 fully saturated rings. The second-order valence-corrected chi connectivity index (χ2v) is 9.04. The molecule has 3 aliphatic rings. The summed E-state index contributed by atoms with van der Waals surface area (Å²) < 4.78 is 91.9. The molecule has 0 spiro atoms. The van der Waals surface area contributed by atoms with Crippen molar-refractivity contribution in [2.75, 3.05) is 6.61 Å². The molecule has 3 saturated carbocycles. The highest BCUT2D eigenvalue weighted by Gasteiger charge is 2.43. The molecule has 0 atom stereocenters. The zero-order valence-electron chi connectivity index (χ0n) is 18.0. The Kier molecular flexibility index (Phi) is 7.38. The minimum absolute atomic E-state index is 0.00786. The highest BCUT2D eigenvalue weighted by molar-refractivity contribution is 5.77. The molecule has 3 aliphatic carbocycles. The Balaban J connectivity index is 1.11. The molecular formula is C20H25F6N3O5. The molecule has 0 aromatic carbocycles. The van der Waals surface area contributed by atoms with Gasteiger partial charge in [0.2, 0.25) is 17.7 Å². The van der Waals surface area contributed by atoms with Crippen LogP contribution in [0.2, 0.25) is 0 Å². The Hall–Kier alpha value is -1.93. The summed E-state index contributed by atoms with van der Waals surface area (Å²) >= 11 is 0. The van der Waals surface area contributed by atoms with Gasteiger partial charge in [-0.2, -0.15) is 0 Å². The first-order valence-corrected chi connectivity index (χ1v) is 11.2. The molecule has 0 radical (unpaired) electrons. The van der Waals surface area contributed by atoms with Crippen molar-refractivity contribution in [3.63, 3.8) is 0 Å². The summed E-state index contributed by atoms with van der Waals surface area (Å²) in [4.78, 5) is 12.1. The lowest BCUT2D eigenvalue weighted by Crippen LogP contribution is -2.44. The van der Waals surface area contributed by atoms with E-state index in [1.807, 2.05) is 0 Å². The van der Waals surface area contributed by atoms with Gasteiger partial charge in [0.15, 0.2) is 0 Å². The van der Waals surface area contributed by atoms with E-state index in [1.54, 1.807) is 0 Å². The van der Waals surface area contributed by atoms with Crippen molar-refractivity contribution in [3.8, 4) is 0 Å². The molecule has 14 heteroatoms. The van der Waals surface area contributed by atoms with Crippen LogP contribution in [0.5, 0.6) is 0 Å². The Morgan fingerprint density at radius 1 is 0.824 bits per heavy atom. The van der Waals surface area contributed by atoms with E-state index in [0.29, 0.717) is 37.5 Å². The number of alkyl halides is 6. The van der Waals surface area contributed by atoms with E-state index >= 15 is 0 Å². The number of carbonyl (C=O) groups is 1. The Bertz CT molecular complexity index is 827. The minimum Gasteiger partial charge on any atom is -0.425 e. The van der Waals surface area contributed by atoms with Gasteiger partial charge < -0.3 is 14.5 Å². The molecule has 4 rings (SSSR count). The van der Waals surface area contributed by atoms with Crippen molar-refractivity contribution in [2.45, 2.75) is 100 Å². The molecule has 34 heavy (non-hydrogen) atoms. The predicted octanol–water partition coefficient (Wildman–Crippen LogP) is 4.08. The van der Waals surface area contributed by atoms with Crippen LogP contribution in [0, 0.1) is 0 Å². The van der Waals surface area contributed by atoms with Crippen LogP contribution in [-0.4, -0.2) is 59.8 Å². The van der Waals surface area contributed by atoms with Gasteiger partial charge >= 0.3 is 12.7 Å². The first-order valence-electron chi connectivity index (χ1n) is 11.2. The topological polar surface area (TPSA) is 95.7 Å². The highest BCUT2D eigenvalue weighted by atomic mass is 19.4. The zero-order valence-corrected chi connectivity index (χ0v) is 18.0. The van der Waals surface area contributed by atoms with Crippen LogP contribution in [0.15, 0.2) is 4.42 Å². The van der Waals surface area contributed by atoms with Crippen LogP contribution in [0.1, 0.15) is 75.0 Å². The number of nitrogens with one attached hydrogen (secondary N) is 1. The number of halogens is 6. The number of carbonyl (C=O) groups excluding carboxylic acids is 1. The Labute approximate surface area is 190 Å². The van der Waals surface area contributed by atoms with Gasteiger partial charge in [-0.25, -0.2) is 0 Å². The van der Waals surface area contributed by atoms with Gasteiger partial charge in [0.25, 0.3) is 0 Å². The maximum atomic E-state index is 12.2. The monoisotopic (exact) mass is 501 g/mol. The van der Waals surface area contributed by atoms with Crippen molar-refractivity contribution in [2.24, 2.45) is 0 Å². The molecule has 0 saturated heterocycles. The van der Waals surface area contributed by atoms with Crippen LogP contribution in [0.4, 0.5) is 26.3 Å². The average molecular weight is 501 g/mol. The summed E-state index contributed by atoms with van der Waals surface area (Å²) in [5.74, 6) is 0.209. The molecule has 1 amide bonds. The number of amides is 1. The van der Waals surface area contributed by atoms with E-state index < -0.39 is 31.0 Å². The fourth-order valence-corrected chi connectivity index (χ4v) is 4.52. The third kappa shape index (κ3) is 7.04. The van der Waals surface area contributed by atoms with Gasteiger partial charge in [-0.3, -0.25) is 14.3 Å². The number of aromatic nitrogens is 2. The number of ether oxygens (including phenoxy) is 3. The van der Waals surface area contributed by atoms with Crippen molar-refractivity contribution in [3.05, 3.63) is 11.8 Å². The van der Waals surface area contributed by atoms with E-state index in [9.17, 15) is 31.1 Å². The predicted molar refractivity (Wildman–Crippen MR) is 100 cm³/mol. The molecule has 0 unspecified atom stereocenters. The fraction of sp³-hybridized carbons (Fsp3) is 0.850. The molecule has 1 heterocycles. The summed E-state index contributed by atoms with van der Waals surface area (Å²) in [6, 6.07) is -0.0654. The zero-order chi connectivity index (χ0) is 24.5. The number of hydrogen-bond donors (Lipinski definition) is 1. The third-order valence-electron chi connectivity index (χ3n) is 6.44. The van der Waals surface area contributed by atoms with Gasteiger partial charge in [-0.05, 0) is 38.5 Å². The second kappa shape index (κ2) is 9.97. The van der Waals surface area contributed by atoms with Crippen LogP contribution < -0.4 is 5.32 Å². The molecule has 0 aliphatic heterocycles. The lowest BCUT2D eigenvalue weighted by Gasteiger charge is -2.35. The number of hydrogen-bond acceptors (Lipinski definition) is 7. The minimum atomic E-state index is -4.67. The van der Waals surface area contributed by atoms with E-state index in [-0.39, 0.29) is 56.1 Å². The largest absolute Gasteiger partial charge is 0.522 e. The van der Waals surface area contributed by atoms with Gasteiger partial charge in [0.1, 0.15) is 6.61 Å². The standard InChI is InChI=1S/C20H25F6N3O5/c21-19(22,23)33-14-5-11(6-14)18-29-28-17(32-18)10-1-3-12(4-2-10)27-16(30)9-31-13-7-15(8-13)34-20(24,25)26/h10-15H,1-9H2,(H,27,30)/t10-,11?,12-,13-,14?,15+. The summed E-state index contributed by atoms with van der Waals surface area (Å²) in [5, 5.41) is 10.9. The first-order chi connectivity index (χ1) is 15.9. The van der Waals surface area contributed by atoms with E-state index in [2.05, 4.69) is 25.0 Å². The summed E-state index contributed by atoms with van der Waals surface area (Å²) in [6.07, 6.45) is -8.27. The molecule has 192 valence electrons. The lowest BCUT2D eigenvalue weighted by molar-refractivity contribution is -0.357. The van der Waals surface area contributed by atoms with Gasteiger partial charge in [0, 0.05) is 30.7 Å². The van der Waals surface area contributed by atoms with Gasteiger partial charge in [-0.1, -0.05) is 0 Å². The van der Waals surface area contributed by atoms with E-state index in [1.165, 1.54) is 0 Å². The maximum absolute atomic E-state index is 12.2.